The third-order valence-corrected chi connectivity index (χ3v) is 2.16. The second-order valence-corrected chi connectivity index (χ2v) is 3.59. The van der Waals surface area contributed by atoms with Crippen LogP contribution >= 0.6 is 0 Å². The van der Waals surface area contributed by atoms with E-state index in [9.17, 15) is 4.79 Å². The topological polar surface area (TPSA) is 38.3 Å². The molecule has 0 aliphatic heterocycles. The summed E-state index contributed by atoms with van der Waals surface area (Å²) in [6, 6.07) is 0.404. The molecule has 0 aromatic heterocycles. The van der Waals surface area contributed by atoms with E-state index in [4.69, 9.17) is 11.2 Å². The SMILES string of the molecule is C#CCC(CC)NC(C)CC(=O)OCC. The Morgan fingerprint density at radius 2 is 2.20 bits per heavy atom. The van der Waals surface area contributed by atoms with Crippen molar-refractivity contribution in [2.24, 2.45) is 0 Å². The van der Waals surface area contributed by atoms with Gasteiger partial charge in [-0.05, 0) is 20.3 Å². The van der Waals surface area contributed by atoms with Crippen molar-refractivity contribution in [3.63, 3.8) is 0 Å². The highest BCUT2D eigenvalue weighted by Gasteiger charge is 2.13. The van der Waals surface area contributed by atoms with E-state index in [1.807, 2.05) is 13.8 Å². The van der Waals surface area contributed by atoms with Crippen molar-refractivity contribution >= 4 is 5.97 Å². The molecule has 0 bridgehead atoms. The molecule has 3 heteroatoms. The summed E-state index contributed by atoms with van der Waals surface area (Å²) in [6.07, 6.45) is 7.31. The normalized spacial score (nSPS) is 14.0. The molecule has 1 N–H and O–H groups in total. The van der Waals surface area contributed by atoms with Gasteiger partial charge in [-0.1, -0.05) is 6.92 Å². The summed E-state index contributed by atoms with van der Waals surface area (Å²) in [7, 11) is 0. The smallest absolute Gasteiger partial charge is 0.307 e. The molecule has 0 aliphatic carbocycles. The maximum atomic E-state index is 11.2. The molecule has 0 heterocycles. The van der Waals surface area contributed by atoms with Gasteiger partial charge in [0.25, 0.3) is 0 Å². The Morgan fingerprint density at radius 3 is 2.67 bits per heavy atom. The van der Waals surface area contributed by atoms with Gasteiger partial charge in [0.15, 0.2) is 0 Å². The summed E-state index contributed by atoms with van der Waals surface area (Å²) >= 11 is 0. The Hall–Kier alpha value is -1.01. The van der Waals surface area contributed by atoms with Crippen molar-refractivity contribution in [3.05, 3.63) is 0 Å². The lowest BCUT2D eigenvalue weighted by Crippen LogP contribution is -2.37. The van der Waals surface area contributed by atoms with Crippen molar-refractivity contribution in [1.29, 1.82) is 0 Å². The Labute approximate surface area is 92.6 Å². The van der Waals surface area contributed by atoms with Gasteiger partial charge in [-0.2, -0.15) is 0 Å². The maximum Gasteiger partial charge on any atom is 0.307 e. The van der Waals surface area contributed by atoms with E-state index in [0.717, 1.165) is 6.42 Å². The number of rotatable bonds is 7. The van der Waals surface area contributed by atoms with Gasteiger partial charge in [0.1, 0.15) is 0 Å². The standard InChI is InChI=1S/C12H21NO2/c1-5-8-11(6-2)13-10(4)9-12(14)15-7-3/h1,10-11,13H,6-9H2,2-4H3. The van der Waals surface area contributed by atoms with Crippen LogP contribution in [-0.2, 0) is 9.53 Å². The number of hydrogen-bond donors (Lipinski definition) is 1. The van der Waals surface area contributed by atoms with Crippen molar-refractivity contribution in [3.8, 4) is 12.3 Å². The van der Waals surface area contributed by atoms with E-state index < -0.39 is 0 Å². The summed E-state index contributed by atoms with van der Waals surface area (Å²) in [4.78, 5) is 11.2. The van der Waals surface area contributed by atoms with Gasteiger partial charge in [0, 0.05) is 18.5 Å². The van der Waals surface area contributed by atoms with E-state index in [0.29, 0.717) is 25.5 Å². The van der Waals surface area contributed by atoms with Crippen LogP contribution in [0.3, 0.4) is 0 Å². The average molecular weight is 211 g/mol. The third-order valence-electron chi connectivity index (χ3n) is 2.16. The van der Waals surface area contributed by atoms with Crippen LogP contribution in [0, 0.1) is 12.3 Å². The molecule has 0 rings (SSSR count). The predicted octanol–water partition coefficient (Wildman–Crippen LogP) is 1.72. The lowest BCUT2D eigenvalue weighted by atomic mass is 10.1. The molecule has 15 heavy (non-hydrogen) atoms. The summed E-state index contributed by atoms with van der Waals surface area (Å²) < 4.78 is 4.87. The fraction of sp³-hybridized carbons (Fsp3) is 0.750. The molecule has 0 saturated carbocycles. The van der Waals surface area contributed by atoms with Crippen molar-refractivity contribution < 1.29 is 9.53 Å². The molecule has 0 spiro atoms. The molecule has 0 radical (unpaired) electrons. The lowest BCUT2D eigenvalue weighted by Gasteiger charge is -2.19. The van der Waals surface area contributed by atoms with Gasteiger partial charge >= 0.3 is 5.97 Å². The largest absolute Gasteiger partial charge is 0.466 e. The van der Waals surface area contributed by atoms with Crippen LogP contribution in [-0.4, -0.2) is 24.7 Å². The zero-order chi connectivity index (χ0) is 11.7. The Bertz CT molecular complexity index is 220. The number of esters is 1. The summed E-state index contributed by atoms with van der Waals surface area (Å²) in [6.45, 7) is 6.29. The van der Waals surface area contributed by atoms with Crippen LogP contribution in [0.15, 0.2) is 0 Å². The van der Waals surface area contributed by atoms with Gasteiger partial charge in [-0.15, -0.1) is 12.3 Å². The number of carbonyl (C=O) groups is 1. The minimum absolute atomic E-state index is 0.113. The van der Waals surface area contributed by atoms with E-state index in [1.54, 1.807) is 0 Å². The second-order valence-electron chi connectivity index (χ2n) is 3.59. The van der Waals surface area contributed by atoms with E-state index in [2.05, 4.69) is 18.2 Å². The van der Waals surface area contributed by atoms with Crippen LogP contribution < -0.4 is 5.32 Å². The van der Waals surface area contributed by atoms with Crippen LogP contribution in [0.2, 0.25) is 0 Å². The molecule has 0 fully saturated rings. The molecule has 2 unspecified atom stereocenters. The molecule has 2 atom stereocenters. The average Bonchev–Trinajstić information content (AvgIpc) is 2.17. The Kier molecular flexibility index (Phi) is 7.75. The van der Waals surface area contributed by atoms with Gasteiger partial charge in [-0.25, -0.2) is 0 Å². The summed E-state index contributed by atoms with van der Waals surface area (Å²) in [5.41, 5.74) is 0. The Balaban J connectivity index is 3.85. The van der Waals surface area contributed by atoms with E-state index in [-0.39, 0.29) is 12.0 Å². The highest BCUT2D eigenvalue weighted by molar-refractivity contribution is 5.70. The third kappa shape index (κ3) is 6.98. The molecule has 3 nitrogen and oxygen atoms in total. The second kappa shape index (κ2) is 8.31. The van der Waals surface area contributed by atoms with Crippen molar-refractivity contribution in [1.82, 2.24) is 5.32 Å². The van der Waals surface area contributed by atoms with E-state index >= 15 is 0 Å². The number of carbonyl (C=O) groups excluding carboxylic acids is 1. The molecule has 86 valence electrons. The molecule has 0 amide bonds. The van der Waals surface area contributed by atoms with Crippen molar-refractivity contribution in [2.45, 2.75) is 52.1 Å². The fourth-order valence-electron chi connectivity index (χ4n) is 1.39. The first kappa shape index (κ1) is 14.0. The van der Waals surface area contributed by atoms with Crippen molar-refractivity contribution in [2.75, 3.05) is 6.61 Å². The number of ether oxygens (including phenoxy) is 1. The van der Waals surface area contributed by atoms with Gasteiger partial charge in [0.2, 0.25) is 0 Å². The molecule has 0 saturated heterocycles. The van der Waals surface area contributed by atoms with Crippen LogP contribution in [0.5, 0.6) is 0 Å². The number of nitrogens with one attached hydrogen (secondary N) is 1. The summed E-state index contributed by atoms with van der Waals surface area (Å²) in [5.74, 6) is 2.46. The maximum absolute atomic E-state index is 11.2. The van der Waals surface area contributed by atoms with Gasteiger partial charge < -0.3 is 10.1 Å². The van der Waals surface area contributed by atoms with Gasteiger partial charge in [0.05, 0.1) is 13.0 Å². The first-order valence-corrected chi connectivity index (χ1v) is 5.49. The molecule has 0 aromatic carbocycles. The molecule has 0 aliphatic rings. The first-order valence-electron chi connectivity index (χ1n) is 5.49. The quantitative estimate of drug-likeness (QED) is 0.515. The monoisotopic (exact) mass is 211 g/mol. The van der Waals surface area contributed by atoms with Crippen LogP contribution in [0.1, 0.15) is 40.0 Å². The van der Waals surface area contributed by atoms with Gasteiger partial charge in [-0.3, -0.25) is 4.79 Å². The molecule has 0 aromatic rings. The predicted molar refractivity (Wildman–Crippen MR) is 61.4 cm³/mol. The van der Waals surface area contributed by atoms with Crippen LogP contribution in [0.25, 0.3) is 0 Å². The van der Waals surface area contributed by atoms with E-state index in [1.165, 1.54) is 0 Å². The minimum Gasteiger partial charge on any atom is -0.466 e. The first-order chi connectivity index (χ1) is 7.13. The molecular weight excluding hydrogens is 190 g/mol. The fourth-order valence-corrected chi connectivity index (χ4v) is 1.39. The highest BCUT2D eigenvalue weighted by atomic mass is 16.5. The summed E-state index contributed by atoms with van der Waals surface area (Å²) in [5, 5.41) is 3.31. The number of hydrogen-bond acceptors (Lipinski definition) is 3. The lowest BCUT2D eigenvalue weighted by molar-refractivity contribution is -0.143. The minimum atomic E-state index is -0.159. The highest BCUT2D eigenvalue weighted by Crippen LogP contribution is 2.01. The van der Waals surface area contributed by atoms with Crippen LogP contribution in [0.4, 0.5) is 0 Å². The Morgan fingerprint density at radius 1 is 1.53 bits per heavy atom. The zero-order valence-corrected chi connectivity index (χ0v) is 9.88. The molecular formula is C12H21NO2. The number of terminal acetylenes is 1. The zero-order valence-electron chi connectivity index (χ0n) is 9.88.